The number of nitrogens with zero attached hydrogens (tertiary/aromatic N) is 1. The minimum atomic E-state index is 0.157. The van der Waals surface area contributed by atoms with Crippen LogP contribution in [0.15, 0.2) is 5.16 Å². The van der Waals surface area contributed by atoms with Gasteiger partial charge in [0.05, 0.1) is 0 Å². The van der Waals surface area contributed by atoms with Crippen molar-refractivity contribution in [1.82, 2.24) is 0 Å². The Morgan fingerprint density at radius 3 is 2.13 bits per heavy atom. The lowest BCUT2D eigenvalue weighted by Gasteiger charge is -2.07. The Kier molecular flexibility index (Phi) is 11.9. The molecule has 23 heavy (non-hydrogen) atoms. The Hall–Kier alpha value is -0.860. The monoisotopic (exact) mass is 323 g/mol. The van der Waals surface area contributed by atoms with Gasteiger partial charge in [-0.05, 0) is 19.3 Å². The third kappa shape index (κ3) is 9.78. The van der Waals surface area contributed by atoms with Crippen molar-refractivity contribution in [2.24, 2.45) is 5.16 Å². The van der Waals surface area contributed by atoms with Crippen molar-refractivity contribution in [3.05, 3.63) is 0 Å². The molecule has 0 bridgehead atoms. The van der Waals surface area contributed by atoms with Crippen LogP contribution in [-0.2, 0) is 9.63 Å². The first-order chi connectivity index (χ1) is 11.3. The van der Waals surface area contributed by atoms with Crippen LogP contribution < -0.4 is 0 Å². The summed E-state index contributed by atoms with van der Waals surface area (Å²) in [5.41, 5.74) is 0.689. The van der Waals surface area contributed by atoms with E-state index in [0.29, 0.717) is 12.1 Å². The molecule has 0 aromatic carbocycles. The zero-order valence-electron chi connectivity index (χ0n) is 15.4. The largest absolute Gasteiger partial charge is 0.392 e. The first kappa shape index (κ1) is 20.2. The molecule has 1 heterocycles. The molecule has 0 radical (unpaired) electrons. The van der Waals surface area contributed by atoms with Gasteiger partial charge >= 0.3 is 0 Å². The summed E-state index contributed by atoms with van der Waals surface area (Å²) in [7, 11) is 0. The fourth-order valence-corrected chi connectivity index (χ4v) is 3.11. The minimum Gasteiger partial charge on any atom is -0.392 e. The summed E-state index contributed by atoms with van der Waals surface area (Å²) < 4.78 is 0. The van der Waals surface area contributed by atoms with Gasteiger partial charge in [-0.25, -0.2) is 0 Å². The van der Waals surface area contributed by atoms with Crippen LogP contribution in [-0.4, -0.2) is 17.6 Å². The fraction of sp³-hybridized carbons (Fsp3) is 0.900. The van der Waals surface area contributed by atoms with Crippen LogP contribution in [0.3, 0.4) is 0 Å². The van der Waals surface area contributed by atoms with E-state index in [1.807, 2.05) is 0 Å². The van der Waals surface area contributed by atoms with E-state index in [4.69, 9.17) is 4.84 Å². The third-order valence-corrected chi connectivity index (χ3v) is 4.69. The predicted octanol–water partition coefficient (Wildman–Crippen LogP) is 6.20. The van der Waals surface area contributed by atoms with E-state index in [2.05, 4.69) is 19.0 Å². The molecule has 0 spiro atoms. The maximum atomic E-state index is 12.1. The number of hydrogen-bond donors (Lipinski definition) is 0. The maximum Gasteiger partial charge on any atom is 0.180 e. The average molecular weight is 324 g/mol. The molecule has 0 saturated carbocycles. The number of ketones is 1. The number of hydrogen-bond acceptors (Lipinski definition) is 3. The van der Waals surface area contributed by atoms with E-state index in [1.165, 1.54) is 70.6 Å². The summed E-state index contributed by atoms with van der Waals surface area (Å²) in [6, 6.07) is 0. The van der Waals surface area contributed by atoms with Gasteiger partial charge in [0.25, 0.3) is 0 Å². The first-order valence-electron chi connectivity index (χ1n) is 10.0. The number of oxime groups is 1. The molecule has 1 rings (SSSR count). The summed E-state index contributed by atoms with van der Waals surface area (Å²) in [4.78, 5) is 17.6. The van der Waals surface area contributed by atoms with Crippen molar-refractivity contribution in [1.29, 1.82) is 0 Å². The molecule has 134 valence electrons. The van der Waals surface area contributed by atoms with E-state index in [1.54, 1.807) is 0 Å². The van der Waals surface area contributed by atoms with Crippen molar-refractivity contribution in [3.63, 3.8) is 0 Å². The maximum absolute atomic E-state index is 12.1. The van der Waals surface area contributed by atoms with Gasteiger partial charge in [-0.1, -0.05) is 83.2 Å². The number of unbranched alkanes of at least 4 members (excludes halogenated alkanes) is 10. The Balaban J connectivity index is 2.01. The molecule has 1 aliphatic heterocycles. The average Bonchev–Trinajstić information content (AvgIpc) is 3.03. The molecule has 3 nitrogen and oxygen atoms in total. The molecule has 0 amide bonds. The van der Waals surface area contributed by atoms with Crippen molar-refractivity contribution in [2.75, 3.05) is 0 Å². The molecule has 0 saturated heterocycles. The van der Waals surface area contributed by atoms with E-state index < -0.39 is 0 Å². The van der Waals surface area contributed by atoms with E-state index >= 15 is 0 Å². The number of carbonyl (C=O) groups is 1. The molecule has 0 aromatic heterocycles. The Morgan fingerprint density at radius 1 is 0.913 bits per heavy atom. The van der Waals surface area contributed by atoms with E-state index in [-0.39, 0.29) is 11.9 Å². The third-order valence-electron chi connectivity index (χ3n) is 4.69. The van der Waals surface area contributed by atoms with Crippen LogP contribution in [0.1, 0.15) is 110 Å². The molecule has 3 heteroatoms. The highest BCUT2D eigenvalue weighted by Crippen LogP contribution is 2.19. The lowest BCUT2D eigenvalue weighted by molar-refractivity contribution is -0.113. The second kappa shape index (κ2) is 13.6. The minimum absolute atomic E-state index is 0.157. The van der Waals surface area contributed by atoms with Crippen LogP contribution >= 0.6 is 0 Å². The van der Waals surface area contributed by atoms with E-state index in [9.17, 15) is 4.79 Å². The topological polar surface area (TPSA) is 38.7 Å². The second-order valence-electron chi connectivity index (χ2n) is 6.97. The number of Topliss-reactive ketones (excluding diaryl/α,β-unsaturated/α-hetero) is 1. The summed E-state index contributed by atoms with van der Waals surface area (Å²) >= 11 is 0. The van der Waals surface area contributed by atoms with Crippen molar-refractivity contribution in [3.8, 4) is 0 Å². The summed E-state index contributed by atoms with van der Waals surface area (Å²) in [5, 5.41) is 4.04. The SMILES string of the molecule is CCCCCCCCC(=O)C1=NOC(CCCCCCCC)C1. The van der Waals surface area contributed by atoms with Gasteiger partial charge in [0.2, 0.25) is 0 Å². The quantitative estimate of drug-likeness (QED) is 0.336. The van der Waals surface area contributed by atoms with Gasteiger partial charge in [-0.2, -0.15) is 0 Å². The fourth-order valence-electron chi connectivity index (χ4n) is 3.11. The summed E-state index contributed by atoms with van der Waals surface area (Å²) in [6.45, 7) is 4.47. The van der Waals surface area contributed by atoms with E-state index in [0.717, 1.165) is 19.3 Å². The van der Waals surface area contributed by atoms with Crippen LogP contribution in [0.4, 0.5) is 0 Å². The molecule has 1 aliphatic rings. The highest BCUT2D eigenvalue weighted by atomic mass is 16.6. The summed E-state index contributed by atoms with van der Waals surface area (Å²) in [6.07, 6.45) is 17.7. The highest BCUT2D eigenvalue weighted by molar-refractivity contribution is 6.40. The Labute approximate surface area is 143 Å². The van der Waals surface area contributed by atoms with Gasteiger partial charge in [-0.3, -0.25) is 4.79 Å². The van der Waals surface area contributed by atoms with Crippen LogP contribution in [0, 0.1) is 0 Å². The van der Waals surface area contributed by atoms with Crippen LogP contribution in [0.2, 0.25) is 0 Å². The standard InChI is InChI=1S/C20H37NO2/c1-3-5-7-9-11-13-15-18-17-19(21-23-18)20(22)16-14-12-10-8-6-4-2/h18H,3-17H2,1-2H3. The summed E-state index contributed by atoms with van der Waals surface area (Å²) in [5.74, 6) is 0.214. The van der Waals surface area contributed by atoms with Crippen molar-refractivity contribution < 1.29 is 9.63 Å². The van der Waals surface area contributed by atoms with Crippen molar-refractivity contribution in [2.45, 2.75) is 116 Å². The second-order valence-corrected chi connectivity index (χ2v) is 6.97. The van der Waals surface area contributed by atoms with Crippen molar-refractivity contribution >= 4 is 11.5 Å². The molecular formula is C20H37NO2. The van der Waals surface area contributed by atoms with Gasteiger partial charge in [-0.15, -0.1) is 0 Å². The number of rotatable bonds is 15. The van der Waals surface area contributed by atoms with Gasteiger partial charge in [0, 0.05) is 12.8 Å². The zero-order chi connectivity index (χ0) is 16.8. The first-order valence-corrected chi connectivity index (χ1v) is 10.0. The van der Waals surface area contributed by atoms with Crippen LogP contribution in [0.25, 0.3) is 0 Å². The molecular weight excluding hydrogens is 286 g/mol. The molecule has 0 aliphatic carbocycles. The predicted molar refractivity (Wildman–Crippen MR) is 97.9 cm³/mol. The smallest absolute Gasteiger partial charge is 0.180 e. The van der Waals surface area contributed by atoms with Gasteiger partial charge < -0.3 is 4.84 Å². The van der Waals surface area contributed by atoms with Gasteiger partial charge in [0.15, 0.2) is 5.78 Å². The number of carbonyl (C=O) groups excluding carboxylic acids is 1. The lowest BCUT2D eigenvalue weighted by atomic mass is 10.00. The Morgan fingerprint density at radius 2 is 1.48 bits per heavy atom. The normalized spacial score (nSPS) is 17.1. The molecule has 0 aromatic rings. The molecule has 0 N–H and O–H groups in total. The lowest BCUT2D eigenvalue weighted by Crippen LogP contribution is -2.15. The van der Waals surface area contributed by atoms with Gasteiger partial charge in [0.1, 0.15) is 11.8 Å². The zero-order valence-corrected chi connectivity index (χ0v) is 15.4. The molecule has 0 fully saturated rings. The molecule has 1 atom stereocenters. The molecule has 1 unspecified atom stereocenters. The Bertz CT molecular complexity index is 339. The van der Waals surface area contributed by atoms with Crippen LogP contribution in [0.5, 0.6) is 0 Å². The highest BCUT2D eigenvalue weighted by Gasteiger charge is 2.24.